The van der Waals surface area contributed by atoms with E-state index >= 15 is 0 Å². The zero-order valence-corrected chi connectivity index (χ0v) is 17.2. The first kappa shape index (κ1) is 23.0. The van der Waals surface area contributed by atoms with Crippen LogP contribution in [0.15, 0.2) is 9.79 Å². The molecular weight excluding hydrogens is 417 g/mol. The van der Waals surface area contributed by atoms with Crippen molar-refractivity contribution in [2.45, 2.75) is 74.1 Å². The molecule has 1 aromatic rings. The number of halogens is 3. The van der Waals surface area contributed by atoms with E-state index in [-0.39, 0.29) is 6.42 Å². The third-order valence-corrected chi connectivity index (χ3v) is 7.64. The molecule has 0 amide bonds. The monoisotopic (exact) mass is 442 g/mol. The van der Waals surface area contributed by atoms with Crippen molar-refractivity contribution in [3.8, 4) is 0 Å². The fraction of sp³-hybridized carbons (Fsp3) is 0.647. The number of primary sulfonamides is 1. The molecule has 1 aromatic carbocycles. The molecule has 11 heteroatoms. The number of nitrogens with one attached hydrogen (secondary N) is 1. The SMILES string of the molecule is CCCS(=O)(=O)c1c(F)c(F)c(S(N)(=O)=O)c(F)c1NC1CCCCCCC1. The molecule has 0 bridgehead atoms. The summed E-state index contributed by atoms with van der Waals surface area (Å²) in [5, 5.41) is 7.49. The molecule has 0 aromatic heterocycles. The Bertz CT molecular complexity index is 926. The molecular formula is C17H25F3N2O4S2. The predicted octanol–water partition coefficient (Wildman–Crippen LogP) is 3.46. The molecule has 2 rings (SSSR count). The summed E-state index contributed by atoms with van der Waals surface area (Å²) in [4.78, 5) is -2.85. The molecule has 28 heavy (non-hydrogen) atoms. The molecule has 1 saturated carbocycles. The molecule has 0 unspecified atom stereocenters. The van der Waals surface area contributed by atoms with Gasteiger partial charge in [0.15, 0.2) is 32.2 Å². The minimum Gasteiger partial charge on any atom is -0.379 e. The van der Waals surface area contributed by atoms with Gasteiger partial charge < -0.3 is 5.32 Å². The Morgan fingerprint density at radius 1 is 0.893 bits per heavy atom. The molecule has 0 saturated heterocycles. The number of anilines is 1. The van der Waals surface area contributed by atoms with Crippen molar-refractivity contribution in [3.63, 3.8) is 0 Å². The number of nitrogens with two attached hydrogens (primary N) is 1. The highest BCUT2D eigenvalue weighted by atomic mass is 32.2. The van der Waals surface area contributed by atoms with E-state index in [1.807, 2.05) is 0 Å². The first-order chi connectivity index (χ1) is 13.0. The summed E-state index contributed by atoms with van der Waals surface area (Å²) in [6, 6.07) is -0.399. The molecule has 160 valence electrons. The number of rotatable bonds is 6. The van der Waals surface area contributed by atoms with Gasteiger partial charge in [0, 0.05) is 6.04 Å². The van der Waals surface area contributed by atoms with E-state index < -0.39 is 64.6 Å². The van der Waals surface area contributed by atoms with E-state index in [9.17, 15) is 30.0 Å². The van der Waals surface area contributed by atoms with Crippen molar-refractivity contribution in [2.24, 2.45) is 5.14 Å². The van der Waals surface area contributed by atoms with Gasteiger partial charge in [0.2, 0.25) is 10.0 Å². The zero-order valence-electron chi connectivity index (χ0n) is 15.6. The minimum atomic E-state index is -4.96. The maximum atomic E-state index is 15.0. The maximum Gasteiger partial charge on any atom is 0.244 e. The van der Waals surface area contributed by atoms with Gasteiger partial charge in [-0.2, -0.15) is 0 Å². The summed E-state index contributed by atoms with van der Waals surface area (Å²) >= 11 is 0. The van der Waals surface area contributed by atoms with Gasteiger partial charge in [-0.05, 0) is 19.3 Å². The van der Waals surface area contributed by atoms with E-state index in [0.717, 1.165) is 32.1 Å². The van der Waals surface area contributed by atoms with E-state index in [1.54, 1.807) is 0 Å². The maximum absolute atomic E-state index is 15.0. The van der Waals surface area contributed by atoms with Crippen LogP contribution in [-0.4, -0.2) is 28.6 Å². The molecule has 6 nitrogen and oxygen atoms in total. The van der Waals surface area contributed by atoms with Gasteiger partial charge in [-0.15, -0.1) is 0 Å². The Balaban J connectivity index is 2.70. The molecule has 1 fully saturated rings. The number of hydrogen-bond donors (Lipinski definition) is 2. The van der Waals surface area contributed by atoms with Crippen LogP contribution in [0.4, 0.5) is 18.9 Å². The van der Waals surface area contributed by atoms with Crippen molar-refractivity contribution in [2.75, 3.05) is 11.1 Å². The van der Waals surface area contributed by atoms with E-state index in [2.05, 4.69) is 5.32 Å². The predicted molar refractivity (Wildman–Crippen MR) is 99.8 cm³/mol. The lowest BCUT2D eigenvalue weighted by Crippen LogP contribution is -2.27. The molecule has 0 aliphatic heterocycles. The second-order valence-electron chi connectivity index (χ2n) is 7.03. The van der Waals surface area contributed by atoms with Crippen LogP contribution in [0.5, 0.6) is 0 Å². The molecule has 0 atom stereocenters. The Hall–Kier alpha value is -1.33. The first-order valence-corrected chi connectivity index (χ1v) is 12.4. The number of hydrogen-bond acceptors (Lipinski definition) is 5. The van der Waals surface area contributed by atoms with Crippen LogP contribution in [0.2, 0.25) is 0 Å². The van der Waals surface area contributed by atoms with Crippen molar-refractivity contribution < 1.29 is 30.0 Å². The van der Waals surface area contributed by atoms with Crippen LogP contribution in [0.1, 0.15) is 58.3 Å². The number of benzene rings is 1. The molecule has 1 aliphatic carbocycles. The third kappa shape index (κ3) is 4.98. The van der Waals surface area contributed by atoms with Gasteiger partial charge in [-0.3, -0.25) is 0 Å². The second kappa shape index (κ2) is 9.00. The summed E-state index contributed by atoms with van der Waals surface area (Å²) in [5.41, 5.74) is -0.859. The van der Waals surface area contributed by atoms with E-state index in [1.165, 1.54) is 6.92 Å². The number of sulfonamides is 1. The molecule has 1 aliphatic rings. The van der Waals surface area contributed by atoms with E-state index in [4.69, 9.17) is 5.14 Å². The lowest BCUT2D eigenvalue weighted by molar-refractivity contribution is 0.435. The summed E-state index contributed by atoms with van der Waals surface area (Å²) < 4.78 is 92.2. The molecule has 0 radical (unpaired) electrons. The first-order valence-electron chi connectivity index (χ1n) is 9.23. The van der Waals surface area contributed by atoms with Crippen molar-refractivity contribution in [1.82, 2.24) is 0 Å². The van der Waals surface area contributed by atoms with Crippen LogP contribution in [0.3, 0.4) is 0 Å². The Labute approximate surface area is 163 Å². The highest BCUT2D eigenvalue weighted by molar-refractivity contribution is 7.91. The number of sulfone groups is 1. The highest BCUT2D eigenvalue weighted by Gasteiger charge is 2.36. The van der Waals surface area contributed by atoms with Gasteiger partial charge in [-0.1, -0.05) is 39.0 Å². The van der Waals surface area contributed by atoms with Crippen LogP contribution in [0.25, 0.3) is 0 Å². The normalized spacial score (nSPS) is 17.2. The molecule has 0 heterocycles. The average Bonchev–Trinajstić information content (AvgIpc) is 2.53. The summed E-state index contributed by atoms with van der Waals surface area (Å²) in [6.07, 6.45) is 5.75. The summed E-state index contributed by atoms with van der Waals surface area (Å²) in [7, 11) is -9.36. The minimum absolute atomic E-state index is 0.0881. The average molecular weight is 443 g/mol. The smallest absolute Gasteiger partial charge is 0.244 e. The van der Waals surface area contributed by atoms with Crippen LogP contribution in [0, 0.1) is 17.5 Å². The Morgan fingerprint density at radius 2 is 1.39 bits per heavy atom. The highest BCUT2D eigenvalue weighted by Crippen LogP contribution is 2.37. The van der Waals surface area contributed by atoms with Gasteiger partial charge in [-0.25, -0.2) is 35.1 Å². The van der Waals surface area contributed by atoms with E-state index in [0.29, 0.717) is 12.8 Å². The summed E-state index contributed by atoms with van der Waals surface area (Å²) in [5.74, 6) is -6.32. The Kier molecular flexibility index (Phi) is 7.38. The van der Waals surface area contributed by atoms with Crippen molar-refractivity contribution in [1.29, 1.82) is 0 Å². The van der Waals surface area contributed by atoms with Crippen LogP contribution < -0.4 is 10.5 Å². The molecule has 3 N–H and O–H groups in total. The molecule has 0 spiro atoms. The quantitative estimate of drug-likeness (QED) is 0.656. The standard InChI is InChI=1S/C17H25F3N2O4S2/c1-2-10-27(23,24)17-13(19)12(18)16(28(21,25)26)14(20)15(17)22-11-8-6-4-3-5-7-9-11/h11,22H,2-10H2,1H3,(H2,21,25,26). The van der Waals surface area contributed by atoms with Gasteiger partial charge >= 0.3 is 0 Å². The lowest BCUT2D eigenvalue weighted by atomic mass is 9.96. The fourth-order valence-electron chi connectivity index (χ4n) is 3.46. The third-order valence-electron chi connectivity index (χ3n) is 4.76. The van der Waals surface area contributed by atoms with Crippen molar-refractivity contribution in [3.05, 3.63) is 17.5 Å². The largest absolute Gasteiger partial charge is 0.379 e. The fourth-order valence-corrected chi connectivity index (χ4v) is 5.72. The van der Waals surface area contributed by atoms with Crippen molar-refractivity contribution >= 4 is 25.5 Å². The second-order valence-corrected chi connectivity index (χ2v) is 10.6. The van der Waals surface area contributed by atoms with Crippen LogP contribution >= 0.6 is 0 Å². The van der Waals surface area contributed by atoms with Gasteiger partial charge in [0.25, 0.3) is 0 Å². The topological polar surface area (TPSA) is 106 Å². The van der Waals surface area contributed by atoms with Gasteiger partial charge in [0.1, 0.15) is 4.90 Å². The zero-order chi connectivity index (χ0) is 21.1. The Morgan fingerprint density at radius 3 is 1.89 bits per heavy atom. The van der Waals surface area contributed by atoms with Gasteiger partial charge in [0.05, 0.1) is 11.4 Å². The lowest BCUT2D eigenvalue weighted by Gasteiger charge is -2.25. The summed E-state index contributed by atoms with van der Waals surface area (Å²) in [6.45, 7) is 1.52. The van der Waals surface area contributed by atoms with Crippen LogP contribution in [-0.2, 0) is 19.9 Å².